The number of ether oxygens (including phenoxy) is 1. The molecule has 2 aromatic carbocycles. The quantitative estimate of drug-likeness (QED) is 0.528. The number of fused-ring (bicyclic) bond motifs is 5. The third kappa shape index (κ3) is 2.93. The molecule has 0 spiro atoms. The maximum Gasteiger partial charge on any atom is 0.345 e. The van der Waals surface area contributed by atoms with Crippen LogP contribution in [0.3, 0.4) is 0 Å². The van der Waals surface area contributed by atoms with Crippen molar-refractivity contribution >= 4 is 23.1 Å². The molecular formula is C23H20N4O2. The summed E-state index contributed by atoms with van der Waals surface area (Å²) in [6.07, 6.45) is 3.72. The van der Waals surface area contributed by atoms with E-state index in [-0.39, 0.29) is 6.61 Å². The fourth-order valence-corrected chi connectivity index (χ4v) is 3.87. The largest absolute Gasteiger partial charge is 0.462 e. The highest BCUT2D eigenvalue weighted by Crippen LogP contribution is 2.35. The summed E-state index contributed by atoms with van der Waals surface area (Å²) in [7, 11) is 0. The highest BCUT2D eigenvalue weighted by atomic mass is 16.5. The van der Waals surface area contributed by atoms with Crippen molar-refractivity contribution in [3.05, 3.63) is 77.5 Å². The van der Waals surface area contributed by atoms with E-state index in [1.54, 1.807) is 11.4 Å². The summed E-state index contributed by atoms with van der Waals surface area (Å²) in [5.41, 5.74) is 6.21. The minimum Gasteiger partial charge on any atom is -0.462 e. The molecule has 2 aromatic heterocycles. The van der Waals surface area contributed by atoms with Crippen LogP contribution in [0, 0.1) is 0 Å². The van der Waals surface area contributed by atoms with E-state index >= 15 is 0 Å². The van der Waals surface area contributed by atoms with Crippen molar-refractivity contribution in [1.82, 2.24) is 14.6 Å². The van der Waals surface area contributed by atoms with E-state index in [1.165, 1.54) is 5.56 Å². The maximum absolute atomic E-state index is 12.8. The predicted octanol–water partition coefficient (Wildman–Crippen LogP) is 4.42. The monoisotopic (exact) mass is 384 g/mol. The van der Waals surface area contributed by atoms with Gasteiger partial charge in [0.15, 0.2) is 11.5 Å². The van der Waals surface area contributed by atoms with Crippen molar-refractivity contribution in [2.45, 2.75) is 19.8 Å². The normalized spacial score (nSPS) is 12.3. The number of carbonyl (C=O) groups is 1. The van der Waals surface area contributed by atoms with Crippen molar-refractivity contribution in [2.24, 2.45) is 0 Å². The lowest BCUT2D eigenvalue weighted by Crippen LogP contribution is -2.11. The van der Waals surface area contributed by atoms with Gasteiger partial charge in [-0.2, -0.15) is 0 Å². The van der Waals surface area contributed by atoms with E-state index < -0.39 is 5.97 Å². The van der Waals surface area contributed by atoms with Gasteiger partial charge in [0, 0.05) is 17.4 Å². The Bertz CT molecular complexity index is 1210. The standard InChI is InChI=1S/C23H20N4O2/c1-2-29-23(28)19-21(25-17-9-4-3-5-10-17)26-27-20-16(14-24-22(19)27)13-12-15-8-6-7-11-18(15)20/h3-11,14H,2,12-13H2,1H3,(H,25,26). The summed E-state index contributed by atoms with van der Waals surface area (Å²) < 4.78 is 7.10. The van der Waals surface area contributed by atoms with Crippen LogP contribution in [0.4, 0.5) is 11.5 Å². The number of nitrogens with zero attached hydrogens (tertiary/aromatic N) is 3. The Morgan fingerprint density at radius 2 is 1.83 bits per heavy atom. The molecular weight excluding hydrogens is 364 g/mol. The van der Waals surface area contributed by atoms with Crippen LogP contribution in [0.25, 0.3) is 16.9 Å². The lowest BCUT2D eigenvalue weighted by atomic mass is 9.90. The Hall–Kier alpha value is -3.67. The number of aromatic nitrogens is 3. The molecule has 1 N–H and O–H groups in total. The number of hydrogen-bond acceptors (Lipinski definition) is 5. The van der Waals surface area contributed by atoms with Crippen LogP contribution in [0.2, 0.25) is 0 Å². The van der Waals surface area contributed by atoms with Gasteiger partial charge in [-0.15, -0.1) is 5.10 Å². The second-order valence-corrected chi connectivity index (χ2v) is 6.96. The third-order valence-electron chi connectivity index (χ3n) is 5.17. The number of benzene rings is 2. The summed E-state index contributed by atoms with van der Waals surface area (Å²) in [5, 5.41) is 8.02. The van der Waals surface area contributed by atoms with Gasteiger partial charge in [0.05, 0.1) is 12.3 Å². The highest BCUT2D eigenvalue weighted by Gasteiger charge is 2.27. The van der Waals surface area contributed by atoms with Crippen LogP contribution in [0.15, 0.2) is 60.8 Å². The second kappa shape index (κ2) is 7.05. The van der Waals surface area contributed by atoms with E-state index in [4.69, 9.17) is 9.84 Å². The van der Waals surface area contributed by atoms with Gasteiger partial charge in [-0.05, 0) is 43.0 Å². The van der Waals surface area contributed by atoms with E-state index in [0.29, 0.717) is 17.0 Å². The van der Waals surface area contributed by atoms with Gasteiger partial charge in [0.1, 0.15) is 5.56 Å². The predicted molar refractivity (Wildman–Crippen MR) is 112 cm³/mol. The van der Waals surface area contributed by atoms with Gasteiger partial charge in [-0.1, -0.05) is 42.5 Å². The molecule has 2 heterocycles. The molecule has 0 unspecified atom stereocenters. The first-order valence-corrected chi connectivity index (χ1v) is 9.74. The molecule has 1 aliphatic carbocycles. The van der Waals surface area contributed by atoms with Crippen LogP contribution in [-0.2, 0) is 17.6 Å². The summed E-state index contributed by atoms with van der Waals surface area (Å²) in [6.45, 7) is 2.08. The van der Waals surface area contributed by atoms with Gasteiger partial charge >= 0.3 is 5.97 Å². The number of aryl methyl sites for hydroxylation is 2. The number of nitrogens with one attached hydrogen (secondary N) is 1. The van der Waals surface area contributed by atoms with Gasteiger partial charge in [-0.25, -0.2) is 14.3 Å². The molecule has 0 saturated heterocycles. The van der Waals surface area contributed by atoms with Crippen molar-refractivity contribution in [3.8, 4) is 11.3 Å². The Morgan fingerprint density at radius 1 is 1.07 bits per heavy atom. The topological polar surface area (TPSA) is 68.5 Å². The molecule has 144 valence electrons. The Morgan fingerprint density at radius 3 is 2.66 bits per heavy atom. The molecule has 0 bridgehead atoms. The minimum atomic E-state index is -0.433. The van der Waals surface area contributed by atoms with Crippen molar-refractivity contribution < 1.29 is 9.53 Å². The zero-order chi connectivity index (χ0) is 19.8. The average molecular weight is 384 g/mol. The first kappa shape index (κ1) is 17.4. The van der Waals surface area contributed by atoms with Crippen LogP contribution < -0.4 is 5.32 Å². The number of para-hydroxylation sites is 1. The van der Waals surface area contributed by atoms with Gasteiger partial charge in [0.25, 0.3) is 0 Å². The number of esters is 1. The van der Waals surface area contributed by atoms with Gasteiger partial charge in [-0.3, -0.25) is 0 Å². The zero-order valence-corrected chi connectivity index (χ0v) is 16.1. The first-order chi connectivity index (χ1) is 14.3. The number of carbonyl (C=O) groups excluding carboxylic acids is 1. The van der Waals surface area contributed by atoms with Crippen molar-refractivity contribution in [3.63, 3.8) is 0 Å². The number of anilines is 2. The van der Waals surface area contributed by atoms with Crippen molar-refractivity contribution in [2.75, 3.05) is 11.9 Å². The highest BCUT2D eigenvalue weighted by molar-refractivity contribution is 6.02. The summed E-state index contributed by atoms with van der Waals surface area (Å²) in [4.78, 5) is 17.4. The SMILES string of the molecule is CCOC(=O)c1c(Nc2ccccc2)nn2c3c(cnc12)CCc1ccccc1-3. The summed E-state index contributed by atoms with van der Waals surface area (Å²) in [6, 6.07) is 18.0. The lowest BCUT2D eigenvalue weighted by Gasteiger charge is -2.19. The molecule has 0 amide bonds. The second-order valence-electron chi connectivity index (χ2n) is 6.96. The van der Waals surface area contributed by atoms with E-state index in [1.807, 2.05) is 42.6 Å². The smallest absolute Gasteiger partial charge is 0.345 e. The van der Waals surface area contributed by atoms with Crippen LogP contribution in [0.1, 0.15) is 28.4 Å². The molecule has 0 aliphatic heterocycles. The fraction of sp³-hybridized carbons (Fsp3) is 0.174. The average Bonchev–Trinajstić information content (AvgIpc) is 3.12. The molecule has 6 heteroatoms. The molecule has 1 aliphatic rings. The van der Waals surface area contributed by atoms with Crippen molar-refractivity contribution in [1.29, 1.82) is 0 Å². The molecule has 0 atom stereocenters. The Balaban J connectivity index is 1.75. The number of rotatable bonds is 4. The Kier molecular flexibility index (Phi) is 4.24. The lowest BCUT2D eigenvalue weighted by molar-refractivity contribution is 0.0529. The van der Waals surface area contributed by atoms with Crippen LogP contribution in [0.5, 0.6) is 0 Å². The van der Waals surface area contributed by atoms with Crippen LogP contribution in [-0.4, -0.2) is 27.2 Å². The third-order valence-corrected chi connectivity index (χ3v) is 5.17. The van der Waals surface area contributed by atoms with Gasteiger partial charge in [0.2, 0.25) is 0 Å². The summed E-state index contributed by atoms with van der Waals surface area (Å²) >= 11 is 0. The van der Waals surface area contributed by atoms with E-state index in [0.717, 1.165) is 35.3 Å². The Labute approximate surface area is 168 Å². The molecule has 29 heavy (non-hydrogen) atoms. The maximum atomic E-state index is 12.8. The van der Waals surface area contributed by atoms with E-state index in [2.05, 4.69) is 28.5 Å². The zero-order valence-electron chi connectivity index (χ0n) is 16.1. The first-order valence-electron chi connectivity index (χ1n) is 9.74. The fourth-order valence-electron chi connectivity index (χ4n) is 3.87. The molecule has 0 fully saturated rings. The molecule has 4 aromatic rings. The molecule has 5 rings (SSSR count). The van der Waals surface area contributed by atoms with Gasteiger partial charge < -0.3 is 10.1 Å². The molecule has 0 radical (unpaired) electrons. The minimum absolute atomic E-state index is 0.286. The van der Waals surface area contributed by atoms with E-state index in [9.17, 15) is 4.79 Å². The molecule has 6 nitrogen and oxygen atoms in total. The molecule has 0 saturated carbocycles. The number of hydrogen-bond donors (Lipinski definition) is 1. The summed E-state index contributed by atoms with van der Waals surface area (Å²) in [5.74, 6) is 0.0103. The van der Waals surface area contributed by atoms with Crippen LogP contribution >= 0.6 is 0 Å².